The zero-order valence-electron chi connectivity index (χ0n) is 8.20. The number of aliphatic hydroxyl groups excluding tert-OH is 1. The quantitative estimate of drug-likeness (QED) is 0.855. The van der Waals surface area contributed by atoms with Gasteiger partial charge in [-0.15, -0.1) is 0 Å². The topological polar surface area (TPSA) is 37.5 Å². The number of alkyl halides is 3. The van der Waals surface area contributed by atoms with Gasteiger partial charge in [-0.1, -0.05) is 6.07 Å². The van der Waals surface area contributed by atoms with Crippen LogP contribution in [0, 0.1) is 0 Å². The molecule has 0 fully saturated rings. The molecule has 2 aromatic heterocycles. The van der Waals surface area contributed by atoms with E-state index < -0.39 is 11.9 Å². The Morgan fingerprint density at radius 2 is 2.06 bits per heavy atom. The van der Waals surface area contributed by atoms with Crippen molar-refractivity contribution in [3.8, 4) is 0 Å². The molecule has 1 N–H and O–H groups in total. The Labute approximate surface area is 89.2 Å². The Morgan fingerprint density at radius 1 is 1.31 bits per heavy atom. The molecule has 2 aromatic rings. The van der Waals surface area contributed by atoms with Crippen molar-refractivity contribution in [3.63, 3.8) is 0 Å². The fourth-order valence-corrected chi connectivity index (χ4v) is 1.61. The van der Waals surface area contributed by atoms with Crippen LogP contribution in [-0.2, 0) is 12.6 Å². The van der Waals surface area contributed by atoms with Crippen molar-refractivity contribution in [3.05, 3.63) is 35.9 Å². The number of aliphatic hydroxyl groups is 1. The number of hydrogen-bond donors (Lipinski definition) is 1. The molecule has 0 bridgehead atoms. The summed E-state index contributed by atoms with van der Waals surface area (Å²) in [5.41, 5.74) is -0.399. The summed E-state index contributed by atoms with van der Waals surface area (Å²) in [5, 5.41) is 8.76. The number of pyridine rings is 1. The maximum Gasteiger partial charge on any atom is 0.431 e. The SMILES string of the molecule is OCCc1ncc2cccc(C(F)(F)F)n12. The van der Waals surface area contributed by atoms with E-state index in [-0.39, 0.29) is 18.9 Å². The summed E-state index contributed by atoms with van der Waals surface area (Å²) in [4.78, 5) is 3.86. The van der Waals surface area contributed by atoms with E-state index >= 15 is 0 Å². The van der Waals surface area contributed by atoms with Crippen LogP contribution in [0.3, 0.4) is 0 Å². The van der Waals surface area contributed by atoms with Crippen LogP contribution < -0.4 is 0 Å². The fraction of sp³-hybridized carbons (Fsp3) is 0.300. The molecule has 86 valence electrons. The second-order valence-corrected chi connectivity index (χ2v) is 3.32. The number of nitrogens with zero attached hydrogens (tertiary/aromatic N) is 2. The molecule has 0 aliphatic rings. The molecule has 0 spiro atoms. The van der Waals surface area contributed by atoms with Crippen molar-refractivity contribution >= 4 is 5.52 Å². The van der Waals surface area contributed by atoms with Gasteiger partial charge in [-0.25, -0.2) is 4.98 Å². The van der Waals surface area contributed by atoms with Crippen LogP contribution in [0.15, 0.2) is 24.4 Å². The van der Waals surface area contributed by atoms with Crippen LogP contribution in [0.1, 0.15) is 11.5 Å². The molecular weight excluding hydrogens is 221 g/mol. The minimum Gasteiger partial charge on any atom is -0.396 e. The minimum absolute atomic E-state index is 0.0985. The molecule has 0 atom stereocenters. The standard InChI is InChI=1S/C10H9F3N2O/c11-10(12,13)8-3-1-2-7-6-14-9(4-5-16)15(7)8/h1-3,6,16H,4-5H2. The average Bonchev–Trinajstić information content (AvgIpc) is 2.61. The number of fused-ring (bicyclic) bond motifs is 1. The summed E-state index contributed by atoms with van der Waals surface area (Å²) in [7, 11) is 0. The van der Waals surface area contributed by atoms with Gasteiger partial charge in [0, 0.05) is 6.42 Å². The van der Waals surface area contributed by atoms with Crippen LogP contribution >= 0.6 is 0 Å². The maximum atomic E-state index is 12.7. The lowest BCUT2D eigenvalue weighted by molar-refractivity contribution is -0.142. The maximum absolute atomic E-state index is 12.7. The van der Waals surface area contributed by atoms with E-state index in [0.29, 0.717) is 5.52 Å². The third-order valence-electron chi connectivity index (χ3n) is 2.25. The summed E-state index contributed by atoms with van der Waals surface area (Å²) >= 11 is 0. The predicted molar refractivity (Wildman–Crippen MR) is 51.0 cm³/mol. The fourth-order valence-electron chi connectivity index (χ4n) is 1.61. The second kappa shape index (κ2) is 3.79. The summed E-state index contributed by atoms with van der Waals surface area (Å²) in [6.45, 7) is -0.231. The number of aromatic nitrogens is 2. The van der Waals surface area contributed by atoms with Gasteiger partial charge < -0.3 is 5.11 Å². The first-order valence-electron chi connectivity index (χ1n) is 4.67. The Hall–Kier alpha value is -1.56. The Kier molecular flexibility index (Phi) is 2.59. The average molecular weight is 230 g/mol. The monoisotopic (exact) mass is 230 g/mol. The molecule has 16 heavy (non-hydrogen) atoms. The highest BCUT2D eigenvalue weighted by atomic mass is 19.4. The van der Waals surface area contributed by atoms with Crippen molar-refractivity contribution in [2.75, 3.05) is 6.61 Å². The van der Waals surface area contributed by atoms with Gasteiger partial charge >= 0.3 is 6.18 Å². The van der Waals surface area contributed by atoms with E-state index in [2.05, 4.69) is 4.98 Å². The first-order chi connectivity index (χ1) is 7.54. The van der Waals surface area contributed by atoms with E-state index in [1.807, 2.05) is 0 Å². The molecule has 2 rings (SSSR count). The highest BCUT2D eigenvalue weighted by Gasteiger charge is 2.33. The lowest BCUT2D eigenvalue weighted by Gasteiger charge is -2.11. The molecule has 0 saturated heterocycles. The zero-order valence-corrected chi connectivity index (χ0v) is 8.20. The number of halogens is 3. The number of hydrogen-bond acceptors (Lipinski definition) is 2. The summed E-state index contributed by atoms with van der Waals surface area (Å²) in [6.07, 6.45) is -2.97. The van der Waals surface area contributed by atoms with Crippen molar-refractivity contribution in [2.45, 2.75) is 12.6 Å². The minimum atomic E-state index is -4.43. The molecule has 0 saturated carbocycles. The normalized spacial score (nSPS) is 12.2. The molecule has 3 nitrogen and oxygen atoms in total. The smallest absolute Gasteiger partial charge is 0.396 e. The molecule has 0 aliphatic heterocycles. The Balaban J connectivity index is 2.68. The van der Waals surface area contributed by atoms with E-state index in [4.69, 9.17) is 5.11 Å². The third kappa shape index (κ3) is 1.76. The molecule has 2 heterocycles. The van der Waals surface area contributed by atoms with Crippen LogP contribution in [0.5, 0.6) is 0 Å². The predicted octanol–water partition coefficient (Wildman–Crippen LogP) is 1.89. The molecular formula is C10H9F3N2O. The van der Waals surface area contributed by atoms with E-state index in [1.165, 1.54) is 12.3 Å². The first-order valence-corrected chi connectivity index (χ1v) is 4.67. The van der Waals surface area contributed by atoms with E-state index in [0.717, 1.165) is 10.5 Å². The van der Waals surface area contributed by atoms with Gasteiger partial charge in [0.05, 0.1) is 18.3 Å². The van der Waals surface area contributed by atoms with Crippen LogP contribution in [-0.4, -0.2) is 21.1 Å². The molecule has 0 aliphatic carbocycles. The zero-order chi connectivity index (χ0) is 11.8. The van der Waals surface area contributed by atoms with Gasteiger partial charge in [0.15, 0.2) is 0 Å². The van der Waals surface area contributed by atoms with Crippen LogP contribution in [0.25, 0.3) is 5.52 Å². The highest BCUT2D eigenvalue weighted by Crippen LogP contribution is 2.30. The van der Waals surface area contributed by atoms with Gasteiger partial charge in [0.25, 0.3) is 0 Å². The van der Waals surface area contributed by atoms with Gasteiger partial charge in [-0.3, -0.25) is 4.40 Å². The van der Waals surface area contributed by atoms with E-state index in [1.54, 1.807) is 6.07 Å². The van der Waals surface area contributed by atoms with Gasteiger partial charge in [-0.05, 0) is 12.1 Å². The van der Waals surface area contributed by atoms with Crippen LogP contribution in [0.4, 0.5) is 13.2 Å². The largest absolute Gasteiger partial charge is 0.431 e. The first kappa shape index (κ1) is 10.9. The van der Waals surface area contributed by atoms with Gasteiger partial charge in [0.1, 0.15) is 11.5 Å². The van der Waals surface area contributed by atoms with E-state index in [9.17, 15) is 13.2 Å². The highest BCUT2D eigenvalue weighted by molar-refractivity contribution is 5.48. The van der Waals surface area contributed by atoms with Crippen molar-refractivity contribution < 1.29 is 18.3 Å². The molecule has 0 amide bonds. The Morgan fingerprint density at radius 3 is 2.69 bits per heavy atom. The summed E-state index contributed by atoms with van der Waals surface area (Å²) in [5.74, 6) is 0.213. The van der Waals surface area contributed by atoms with Crippen molar-refractivity contribution in [2.24, 2.45) is 0 Å². The van der Waals surface area contributed by atoms with Crippen molar-refractivity contribution in [1.29, 1.82) is 0 Å². The van der Waals surface area contributed by atoms with Gasteiger partial charge in [-0.2, -0.15) is 13.2 Å². The van der Waals surface area contributed by atoms with Crippen molar-refractivity contribution in [1.82, 2.24) is 9.38 Å². The molecule has 0 aromatic carbocycles. The lowest BCUT2D eigenvalue weighted by Crippen LogP contribution is -2.13. The number of rotatable bonds is 2. The Bertz CT molecular complexity index is 504. The third-order valence-corrected chi connectivity index (χ3v) is 2.25. The molecule has 0 radical (unpaired) electrons. The summed E-state index contributed by atoms with van der Waals surface area (Å²) < 4.78 is 39.1. The number of imidazole rings is 1. The second-order valence-electron chi connectivity index (χ2n) is 3.32. The van der Waals surface area contributed by atoms with Gasteiger partial charge in [0.2, 0.25) is 0 Å². The summed E-state index contributed by atoms with van der Waals surface area (Å²) in [6, 6.07) is 3.88. The molecule has 0 unspecified atom stereocenters. The molecule has 6 heteroatoms. The van der Waals surface area contributed by atoms with Crippen LogP contribution in [0.2, 0.25) is 0 Å². The lowest BCUT2D eigenvalue weighted by atomic mass is 10.3.